The van der Waals surface area contributed by atoms with Gasteiger partial charge in [-0.1, -0.05) is 23.7 Å². The first-order chi connectivity index (χ1) is 6.86. The Morgan fingerprint density at radius 1 is 1.21 bits per heavy atom. The smallest absolute Gasteiger partial charge is 0.112 e. The quantitative estimate of drug-likeness (QED) is 0.734. The number of quaternary nitrogens is 1. The molecule has 2 N–H and O–H groups in total. The Kier molecular flexibility index (Phi) is 3.44. The van der Waals surface area contributed by atoms with Gasteiger partial charge in [-0.2, -0.15) is 0 Å². The van der Waals surface area contributed by atoms with Gasteiger partial charge in [0.2, 0.25) is 0 Å². The fourth-order valence-corrected chi connectivity index (χ4v) is 2.36. The van der Waals surface area contributed by atoms with Gasteiger partial charge in [0.15, 0.2) is 0 Å². The van der Waals surface area contributed by atoms with E-state index in [9.17, 15) is 0 Å². The summed E-state index contributed by atoms with van der Waals surface area (Å²) < 4.78 is 0. The van der Waals surface area contributed by atoms with E-state index in [-0.39, 0.29) is 0 Å². The first-order valence-corrected chi connectivity index (χ1v) is 5.83. The Labute approximate surface area is 90.5 Å². The largest absolute Gasteiger partial charge is 0.340 e. The molecule has 1 atom stereocenters. The van der Waals surface area contributed by atoms with Gasteiger partial charge in [-0.15, -0.1) is 0 Å². The van der Waals surface area contributed by atoms with Crippen LogP contribution < -0.4 is 5.32 Å². The molecule has 2 rings (SSSR count). The molecule has 1 nitrogen and oxygen atoms in total. The van der Waals surface area contributed by atoms with E-state index in [4.69, 9.17) is 11.6 Å². The van der Waals surface area contributed by atoms with Crippen LogP contribution in [-0.2, 0) is 0 Å². The minimum atomic E-state index is 0.635. The average Bonchev–Trinajstić information content (AvgIpc) is 2.45. The Morgan fingerprint density at radius 2 is 2.14 bits per heavy atom. The van der Waals surface area contributed by atoms with E-state index < -0.39 is 0 Å². The molecular formula is C12H17ClN+. The Hall–Kier alpha value is -0.530. The predicted molar refractivity (Wildman–Crippen MR) is 59.5 cm³/mol. The van der Waals surface area contributed by atoms with E-state index in [0.717, 1.165) is 5.02 Å². The van der Waals surface area contributed by atoms with Crippen LogP contribution in [-0.4, -0.2) is 6.54 Å². The third-order valence-corrected chi connectivity index (χ3v) is 3.18. The zero-order valence-corrected chi connectivity index (χ0v) is 9.13. The number of hydrogen-bond acceptors (Lipinski definition) is 0. The second-order valence-electron chi connectivity index (χ2n) is 4.04. The predicted octanol–water partition coefficient (Wildman–Crippen LogP) is 2.52. The van der Waals surface area contributed by atoms with Crippen molar-refractivity contribution in [2.45, 2.75) is 31.7 Å². The van der Waals surface area contributed by atoms with E-state index in [1.54, 1.807) is 0 Å². The van der Waals surface area contributed by atoms with Gasteiger partial charge in [0.1, 0.15) is 6.04 Å². The van der Waals surface area contributed by atoms with Crippen molar-refractivity contribution in [2.24, 2.45) is 0 Å². The van der Waals surface area contributed by atoms with Gasteiger partial charge in [0, 0.05) is 17.0 Å². The molecule has 76 valence electrons. The maximum absolute atomic E-state index is 5.99. The van der Waals surface area contributed by atoms with Gasteiger partial charge in [-0.05, 0) is 31.4 Å². The highest BCUT2D eigenvalue weighted by Gasteiger charge is 2.16. The highest BCUT2D eigenvalue weighted by Crippen LogP contribution is 2.20. The molecule has 0 unspecified atom stereocenters. The van der Waals surface area contributed by atoms with Crippen LogP contribution in [0.1, 0.15) is 37.3 Å². The molecule has 1 aliphatic heterocycles. The van der Waals surface area contributed by atoms with E-state index >= 15 is 0 Å². The van der Waals surface area contributed by atoms with Gasteiger partial charge in [0.05, 0.1) is 6.54 Å². The summed E-state index contributed by atoms with van der Waals surface area (Å²) in [6.07, 6.45) is 5.39. The molecule has 1 heterocycles. The summed E-state index contributed by atoms with van der Waals surface area (Å²) in [5, 5.41) is 3.32. The fourth-order valence-electron chi connectivity index (χ4n) is 2.16. The molecule has 0 saturated carbocycles. The third kappa shape index (κ3) is 2.49. The molecule has 0 aliphatic carbocycles. The maximum atomic E-state index is 5.99. The fraction of sp³-hybridized carbons (Fsp3) is 0.500. The second kappa shape index (κ2) is 4.81. The monoisotopic (exact) mass is 210 g/mol. The Morgan fingerprint density at radius 3 is 3.00 bits per heavy atom. The Bertz CT molecular complexity index is 290. The third-order valence-electron chi connectivity index (χ3n) is 2.95. The zero-order chi connectivity index (χ0) is 9.80. The number of benzene rings is 1. The van der Waals surface area contributed by atoms with Gasteiger partial charge in [-0.25, -0.2) is 0 Å². The molecule has 1 saturated heterocycles. The Balaban J connectivity index is 2.12. The van der Waals surface area contributed by atoms with E-state index in [2.05, 4.69) is 23.5 Å². The highest BCUT2D eigenvalue weighted by molar-refractivity contribution is 6.30. The van der Waals surface area contributed by atoms with Crippen molar-refractivity contribution in [1.29, 1.82) is 0 Å². The first kappa shape index (κ1) is 10.0. The van der Waals surface area contributed by atoms with Crippen molar-refractivity contribution in [3.05, 3.63) is 34.9 Å². The molecule has 2 heteroatoms. The SMILES string of the molecule is Clc1cccc([C@H]2CCCCC[NH2+]2)c1. The van der Waals surface area contributed by atoms with Gasteiger partial charge < -0.3 is 5.32 Å². The van der Waals surface area contributed by atoms with Crippen LogP contribution >= 0.6 is 11.6 Å². The lowest BCUT2D eigenvalue weighted by molar-refractivity contribution is -0.694. The van der Waals surface area contributed by atoms with Crippen molar-refractivity contribution < 1.29 is 5.32 Å². The number of halogens is 1. The summed E-state index contributed by atoms with van der Waals surface area (Å²) >= 11 is 5.99. The standard InChI is InChI=1S/C12H16ClN/c13-11-6-4-5-10(9-11)12-7-2-1-3-8-14-12/h4-6,9,12,14H,1-3,7-8H2/p+1/t12-/m1/s1. The van der Waals surface area contributed by atoms with Crippen molar-refractivity contribution >= 4 is 11.6 Å². The summed E-state index contributed by atoms with van der Waals surface area (Å²) in [7, 11) is 0. The van der Waals surface area contributed by atoms with Gasteiger partial charge in [0.25, 0.3) is 0 Å². The van der Waals surface area contributed by atoms with Crippen LogP contribution in [0, 0.1) is 0 Å². The van der Waals surface area contributed by atoms with Gasteiger partial charge in [-0.3, -0.25) is 0 Å². The van der Waals surface area contributed by atoms with Crippen LogP contribution in [0.15, 0.2) is 24.3 Å². The van der Waals surface area contributed by atoms with E-state index in [1.807, 2.05) is 6.07 Å². The first-order valence-electron chi connectivity index (χ1n) is 5.45. The van der Waals surface area contributed by atoms with Crippen LogP contribution in [0.5, 0.6) is 0 Å². The lowest BCUT2D eigenvalue weighted by Gasteiger charge is -2.12. The molecule has 0 aromatic heterocycles. The van der Waals surface area contributed by atoms with E-state index in [0.29, 0.717) is 6.04 Å². The maximum Gasteiger partial charge on any atom is 0.112 e. The zero-order valence-electron chi connectivity index (χ0n) is 8.38. The average molecular weight is 211 g/mol. The molecule has 0 radical (unpaired) electrons. The molecular weight excluding hydrogens is 194 g/mol. The molecule has 1 aliphatic rings. The summed E-state index contributed by atoms with van der Waals surface area (Å²) in [5.74, 6) is 0. The van der Waals surface area contributed by atoms with Crippen LogP contribution in [0.3, 0.4) is 0 Å². The van der Waals surface area contributed by atoms with Crippen molar-refractivity contribution in [3.8, 4) is 0 Å². The minimum absolute atomic E-state index is 0.635. The summed E-state index contributed by atoms with van der Waals surface area (Å²) in [5.41, 5.74) is 1.39. The molecule has 14 heavy (non-hydrogen) atoms. The van der Waals surface area contributed by atoms with Crippen molar-refractivity contribution in [1.82, 2.24) is 0 Å². The van der Waals surface area contributed by atoms with Crippen molar-refractivity contribution in [2.75, 3.05) is 6.54 Å². The summed E-state index contributed by atoms with van der Waals surface area (Å²) in [4.78, 5) is 0. The molecule has 1 fully saturated rings. The van der Waals surface area contributed by atoms with Crippen LogP contribution in [0.25, 0.3) is 0 Å². The minimum Gasteiger partial charge on any atom is -0.340 e. The van der Waals surface area contributed by atoms with Crippen LogP contribution in [0.2, 0.25) is 5.02 Å². The number of hydrogen-bond donors (Lipinski definition) is 1. The topological polar surface area (TPSA) is 16.6 Å². The lowest BCUT2D eigenvalue weighted by Crippen LogP contribution is -2.84. The summed E-state index contributed by atoms with van der Waals surface area (Å²) in [6, 6.07) is 8.93. The highest BCUT2D eigenvalue weighted by atomic mass is 35.5. The number of nitrogens with two attached hydrogens (primary N) is 1. The van der Waals surface area contributed by atoms with Gasteiger partial charge >= 0.3 is 0 Å². The molecule has 0 amide bonds. The summed E-state index contributed by atoms with van der Waals surface area (Å²) in [6.45, 7) is 1.26. The molecule has 0 bridgehead atoms. The normalized spacial score (nSPS) is 23.1. The molecule has 1 aromatic rings. The molecule has 0 spiro atoms. The molecule has 1 aromatic carbocycles. The lowest BCUT2D eigenvalue weighted by atomic mass is 10.0. The van der Waals surface area contributed by atoms with E-state index in [1.165, 1.54) is 37.8 Å². The van der Waals surface area contributed by atoms with Crippen molar-refractivity contribution in [3.63, 3.8) is 0 Å². The second-order valence-corrected chi connectivity index (χ2v) is 4.47. The van der Waals surface area contributed by atoms with Crippen LogP contribution in [0.4, 0.5) is 0 Å². The number of rotatable bonds is 1.